The van der Waals surface area contributed by atoms with Crippen molar-refractivity contribution in [2.45, 2.75) is 87.7 Å². The summed E-state index contributed by atoms with van der Waals surface area (Å²) >= 11 is 0. The lowest BCUT2D eigenvalue weighted by atomic mass is 9.61. The molecule has 0 heterocycles. The molecule has 0 saturated heterocycles. The Morgan fingerprint density at radius 2 is 1.26 bits per heavy atom. The van der Waals surface area contributed by atoms with Crippen molar-refractivity contribution in [3.8, 4) is 0 Å². The molecular formula is C18H38O. The standard InChI is InChI=1S/C18H38O/c1-11-14(18(9,10)19)12-15(17(6,7)8)13(2)16(3,4)5/h13-15,19H,11-12H2,1-10H3. The molecule has 0 bridgehead atoms. The molecule has 0 aromatic rings. The van der Waals surface area contributed by atoms with Crippen LogP contribution in [0.1, 0.15) is 82.1 Å². The van der Waals surface area contributed by atoms with Crippen molar-refractivity contribution in [3.63, 3.8) is 0 Å². The normalized spacial score (nSPS) is 19.1. The highest BCUT2D eigenvalue weighted by Crippen LogP contribution is 2.45. The maximum Gasteiger partial charge on any atom is 0.0619 e. The van der Waals surface area contributed by atoms with Crippen LogP contribution < -0.4 is 0 Å². The monoisotopic (exact) mass is 270 g/mol. The minimum absolute atomic E-state index is 0.283. The van der Waals surface area contributed by atoms with Crippen molar-refractivity contribution >= 4 is 0 Å². The molecule has 0 fully saturated rings. The van der Waals surface area contributed by atoms with Crippen molar-refractivity contribution < 1.29 is 5.11 Å². The van der Waals surface area contributed by atoms with Gasteiger partial charge in [-0.2, -0.15) is 0 Å². The molecule has 3 atom stereocenters. The first-order chi connectivity index (χ1) is 8.21. The van der Waals surface area contributed by atoms with Crippen LogP contribution in [0.15, 0.2) is 0 Å². The minimum Gasteiger partial charge on any atom is -0.390 e. The van der Waals surface area contributed by atoms with Crippen molar-refractivity contribution in [3.05, 3.63) is 0 Å². The molecule has 0 spiro atoms. The SMILES string of the molecule is CCC(CC(C(C)C(C)(C)C)C(C)(C)C)C(C)(C)O. The number of hydrogen-bond acceptors (Lipinski definition) is 1. The molecule has 0 radical (unpaired) electrons. The van der Waals surface area contributed by atoms with Crippen LogP contribution in [-0.4, -0.2) is 10.7 Å². The van der Waals surface area contributed by atoms with E-state index in [0.29, 0.717) is 23.2 Å². The van der Waals surface area contributed by atoms with Crippen LogP contribution >= 0.6 is 0 Å². The van der Waals surface area contributed by atoms with Gasteiger partial charge in [-0.05, 0) is 48.9 Å². The zero-order valence-electron chi connectivity index (χ0n) is 15.1. The van der Waals surface area contributed by atoms with Crippen LogP contribution in [0.5, 0.6) is 0 Å². The van der Waals surface area contributed by atoms with Crippen molar-refractivity contribution in [1.29, 1.82) is 0 Å². The minimum atomic E-state index is -0.574. The molecular weight excluding hydrogens is 232 g/mol. The highest BCUT2D eigenvalue weighted by atomic mass is 16.3. The molecule has 3 unspecified atom stereocenters. The second-order valence-corrected chi connectivity index (χ2v) is 9.12. The Kier molecular flexibility index (Phi) is 6.15. The van der Waals surface area contributed by atoms with Crippen LogP contribution in [0.3, 0.4) is 0 Å². The zero-order chi connectivity index (χ0) is 15.6. The van der Waals surface area contributed by atoms with E-state index in [1.54, 1.807) is 0 Å². The van der Waals surface area contributed by atoms with Gasteiger partial charge in [0.1, 0.15) is 0 Å². The van der Waals surface area contributed by atoms with Crippen LogP contribution in [0.2, 0.25) is 0 Å². The van der Waals surface area contributed by atoms with Crippen molar-refractivity contribution in [2.24, 2.45) is 28.6 Å². The average Bonchev–Trinajstić information content (AvgIpc) is 2.12. The number of aliphatic hydroxyl groups is 1. The summed E-state index contributed by atoms with van der Waals surface area (Å²) in [5.41, 5.74) is 0.0249. The van der Waals surface area contributed by atoms with Gasteiger partial charge < -0.3 is 5.11 Å². The third-order valence-electron chi connectivity index (χ3n) is 5.11. The van der Waals surface area contributed by atoms with Gasteiger partial charge in [0, 0.05) is 0 Å². The summed E-state index contributed by atoms with van der Waals surface area (Å²) < 4.78 is 0. The largest absolute Gasteiger partial charge is 0.390 e. The third-order valence-corrected chi connectivity index (χ3v) is 5.11. The van der Waals surface area contributed by atoms with E-state index in [1.807, 2.05) is 13.8 Å². The van der Waals surface area contributed by atoms with Crippen molar-refractivity contribution in [2.75, 3.05) is 0 Å². The maximum absolute atomic E-state index is 10.4. The van der Waals surface area contributed by atoms with E-state index in [1.165, 1.54) is 0 Å². The fourth-order valence-corrected chi connectivity index (χ4v) is 3.17. The topological polar surface area (TPSA) is 20.2 Å². The van der Waals surface area contributed by atoms with Crippen LogP contribution in [0.25, 0.3) is 0 Å². The van der Waals surface area contributed by atoms with E-state index < -0.39 is 5.60 Å². The highest BCUT2D eigenvalue weighted by Gasteiger charge is 2.39. The molecule has 0 aromatic carbocycles. The van der Waals surface area contributed by atoms with E-state index in [-0.39, 0.29) is 5.41 Å². The van der Waals surface area contributed by atoms with Gasteiger partial charge in [-0.1, -0.05) is 61.8 Å². The second-order valence-electron chi connectivity index (χ2n) is 9.12. The molecule has 0 aliphatic rings. The average molecular weight is 271 g/mol. The van der Waals surface area contributed by atoms with E-state index in [2.05, 4.69) is 55.4 Å². The van der Waals surface area contributed by atoms with E-state index in [9.17, 15) is 5.11 Å². The van der Waals surface area contributed by atoms with E-state index in [0.717, 1.165) is 12.8 Å². The summed E-state index contributed by atoms with van der Waals surface area (Å²) in [4.78, 5) is 0. The maximum atomic E-state index is 10.4. The van der Waals surface area contributed by atoms with Gasteiger partial charge >= 0.3 is 0 Å². The van der Waals surface area contributed by atoms with Crippen molar-refractivity contribution in [1.82, 2.24) is 0 Å². The lowest BCUT2D eigenvalue weighted by Crippen LogP contribution is -2.40. The van der Waals surface area contributed by atoms with Crippen LogP contribution in [0.4, 0.5) is 0 Å². The summed E-state index contributed by atoms with van der Waals surface area (Å²) in [5.74, 6) is 1.65. The Labute approximate surface area is 122 Å². The fraction of sp³-hybridized carbons (Fsp3) is 1.00. The Morgan fingerprint density at radius 3 is 1.47 bits per heavy atom. The van der Waals surface area contributed by atoms with Gasteiger partial charge in [-0.25, -0.2) is 0 Å². The van der Waals surface area contributed by atoms with Gasteiger partial charge in [0.05, 0.1) is 5.60 Å². The molecule has 19 heavy (non-hydrogen) atoms. The molecule has 0 aliphatic heterocycles. The molecule has 0 aliphatic carbocycles. The Hall–Kier alpha value is -0.0400. The first-order valence-electron chi connectivity index (χ1n) is 7.93. The van der Waals surface area contributed by atoms with E-state index in [4.69, 9.17) is 0 Å². The summed E-state index contributed by atoms with van der Waals surface area (Å²) in [5, 5.41) is 10.4. The van der Waals surface area contributed by atoms with Crippen LogP contribution in [0, 0.1) is 28.6 Å². The van der Waals surface area contributed by atoms with Gasteiger partial charge in [-0.3, -0.25) is 0 Å². The third kappa shape index (κ3) is 5.85. The Morgan fingerprint density at radius 1 is 0.842 bits per heavy atom. The zero-order valence-corrected chi connectivity index (χ0v) is 15.1. The number of rotatable bonds is 5. The molecule has 1 nitrogen and oxygen atoms in total. The summed E-state index contributed by atoms with van der Waals surface area (Å²) in [6, 6.07) is 0. The molecule has 0 rings (SSSR count). The first-order valence-corrected chi connectivity index (χ1v) is 7.93. The molecule has 0 saturated carbocycles. The lowest BCUT2D eigenvalue weighted by molar-refractivity contribution is -0.0230. The molecule has 0 amide bonds. The Balaban J connectivity index is 5.20. The molecule has 1 N–H and O–H groups in total. The second kappa shape index (κ2) is 6.16. The summed E-state index contributed by atoms with van der Waals surface area (Å²) in [6.45, 7) is 22.5. The lowest BCUT2D eigenvalue weighted by Gasteiger charge is -2.45. The quantitative estimate of drug-likeness (QED) is 0.697. The number of hydrogen-bond donors (Lipinski definition) is 1. The molecule has 1 heteroatoms. The predicted molar refractivity (Wildman–Crippen MR) is 86.3 cm³/mol. The van der Waals surface area contributed by atoms with Gasteiger partial charge in [-0.15, -0.1) is 0 Å². The van der Waals surface area contributed by atoms with Crippen LogP contribution in [-0.2, 0) is 0 Å². The fourth-order valence-electron chi connectivity index (χ4n) is 3.17. The van der Waals surface area contributed by atoms with Gasteiger partial charge in [0.15, 0.2) is 0 Å². The first kappa shape index (κ1) is 19.0. The Bertz CT molecular complexity index is 259. The van der Waals surface area contributed by atoms with Gasteiger partial charge in [0.2, 0.25) is 0 Å². The van der Waals surface area contributed by atoms with Gasteiger partial charge in [0.25, 0.3) is 0 Å². The predicted octanol–water partition coefficient (Wildman–Crippen LogP) is 5.52. The van der Waals surface area contributed by atoms with E-state index >= 15 is 0 Å². The smallest absolute Gasteiger partial charge is 0.0619 e. The summed E-state index contributed by atoms with van der Waals surface area (Å²) in [6.07, 6.45) is 2.16. The molecule has 116 valence electrons. The summed E-state index contributed by atoms with van der Waals surface area (Å²) in [7, 11) is 0. The molecule has 0 aromatic heterocycles. The highest BCUT2D eigenvalue weighted by molar-refractivity contribution is 4.89.